The molecule has 12 nitrogen and oxygen atoms in total. The monoisotopic (exact) mass is 1450 g/mol. The number of carbonyl (C=O) groups excluding carboxylic acids is 5. The van der Waals surface area contributed by atoms with E-state index in [-0.39, 0.29) is 74.5 Å². The molecular formula is C36H69I6N4O8-. The standard InChI is InChI=1S/C12H21NO3.C11H20N2O2.C11H19NO3.2CH4.I3.I2.HI/c1-4-6-9-7-11(14)13(8-9)10(5-2)12(15)16-3;1-3-5-8-6-10(14)13(7-8)9(4-2)11(12)15;1-3-5-8-6-10(13)12(7-8)9(4-2)11(14)15;;;1-3-2;1-2;/h9-10H,4-8H2,1-3H3;8-9H,3-7H2,1-2H3,(H2,12,15);8-9H,3-7H2,1-2H3,(H,14,15);2*1H4;;;1H/q;;;;;-1;;/t9-,10?;2*8-,9?;;;;;/m111...../s1. The molecule has 0 spiro atoms. The number of likely N-dealkylation sites (tertiary alicyclic amines) is 3. The zero-order valence-corrected chi connectivity index (χ0v) is 44.7. The van der Waals surface area contributed by atoms with E-state index in [1.165, 1.54) is 12.0 Å². The fourth-order valence-corrected chi connectivity index (χ4v) is 6.89. The van der Waals surface area contributed by atoms with Crippen molar-refractivity contribution in [3.63, 3.8) is 0 Å². The van der Waals surface area contributed by atoms with E-state index in [9.17, 15) is 28.8 Å². The van der Waals surface area contributed by atoms with E-state index in [0.717, 1.165) is 38.5 Å². The van der Waals surface area contributed by atoms with Crippen molar-refractivity contribution in [1.29, 1.82) is 0 Å². The molecule has 4 amide bonds. The first-order chi connectivity index (χ1) is 24.2. The molecule has 3 N–H and O–H groups in total. The number of hydrogen-bond donors (Lipinski definition) is 2. The fourth-order valence-electron chi connectivity index (χ4n) is 6.89. The zero-order valence-electron chi connectivity index (χ0n) is 31.6. The van der Waals surface area contributed by atoms with Crippen LogP contribution in [0, 0.1) is 17.8 Å². The van der Waals surface area contributed by atoms with Crippen LogP contribution >= 0.6 is 98.4 Å². The third-order valence-corrected chi connectivity index (χ3v) is 9.18. The van der Waals surface area contributed by atoms with Gasteiger partial charge in [0.1, 0.15) is 18.1 Å². The predicted molar refractivity (Wildman–Crippen MR) is 260 cm³/mol. The van der Waals surface area contributed by atoms with E-state index < -0.39 is 18.1 Å². The first-order valence-electron chi connectivity index (χ1n) is 17.7. The molecule has 324 valence electrons. The maximum atomic E-state index is 11.8. The van der Waals surface area contributed by atoms with Crippen LogP contribution < -0.4 is 19.0 Å². The van der Waals surface area contributed by atoms with E-state index >= 15 is 0 Å². The van der Waals surface area contributed by atoms with Crippen LogP contribution in [-0.4, -0.2) is 100 Å². The van der Waals surface area contributed by atoms with Gasteiger partial charge in [-0.05, 0) is 56.3 Å². The predicted octanol–water partition coefficient (Wildman–Crippen LogP) is 6.42. The molecule has 0 aliphatic carbocycles. The van der Waals surface area contributed by atoms with Crippen molar-refractivity contribution in [3.8, 4) is 0 Å². The van der Waals surface area contributed by atoms with Crippen molar-refractivity contribution < 1.29 is 51.9 Å². The van der Waals surface area contributed by atoms with Crippen molar-refractivity contribution in [3.05, 3.63) is 0 Å². The number of ether oxygens (including phenoxy) is 1. The van der Waals surface area contributed by atoms with Gasteiger partial charge < -0.3 is 30.3 Å². The van der Waals surface area contributed by atoms with E-state index in [4.69, 9.17) is 15.6 Å². The summed E-state index contributed by atoms with van der Waals surface area (Å²) in [5.41, 5.74) is 5.28. The van der Waals surface area contributed by atoms with Gasteiger partial charge in [-0.3, -0.25) is 19.2 Å². The molecule has 6 atom stereocenters. The average Bonchev–Trinajstić information content (AvgIpc) is 3.76. The number of amides is 4. The number of rotatable bonds is 15. The van der Waals surface area contributed by atoms with Gasteiger partial charge in [-0.25, -0.2) is 9.59 Å². The van der Waals surface area contributed by atoms with Crippen LogP contribution in [0.4, 0.5) is 0 Å². The Kier molecular flexibility index (Phi) is 45.8. The quantitative estimate of drug-likeness (QED) is 0.140. The summed E-state index contributed by atoms with van der Waals surface area (Å²) in [4.78, 5) is 73.6. The second-order valence-electron chi connectivity index (χ2n) is 12.8. The number of carboxylic acid groups (broad SMARTS) is 1. The number of aliphatic carboxylic acids is 1. The number of carboxylic acids is 1. The Hall–Kier alpha value is 1.20. The molecule has 0 saturated carbocycles. The minimum atomic E-state index is -0.886. The summed E-state index contributed by atoms with van der Waals surface area (Å²) < 4.78 is 4.73. The molecule has 0 aromatic heterocycles. The molecule has 3 unspecified atom stereocenters. The summed E-state index contributed by atoms with van der Waals surface area (Å²) in [5, 5.41) is 8.97. The van der Waals surface area contributed by atoms with Crippen LogP contribution in [0.2, 0.25) is 0 Å². The van der Waals surface area contributed by atoms with Gasteiger partial charge in [0.15, 0.2) is 0 Å². The van der Waals surface area contributed by atoms with Crippen molar-refractivity contribution in [2.24, 2.45) is 23.5 Å². The number of esters is 1. The summed E-state index contributed by atoms with van der Waals surface area (Å²) in [5.74, 6) is -0.209. The van der Waals surface area contributed by atoms with Gasteiger partial charge in [-0.15, -0.1) is 24.0 Å². The van der Waals surface area contributed by atoms with Crippen LogP contribution in [0.15, 0.2) is 0 Å². The van der Waals surface area contributed by atoms with Crippen LogP contribution in [0.25, 0.3) is 0 Å². The number of halogens is 6. The molecule has 3 heterocycles. The SMILES string of the molecule is C.C.CCC[C@@H]1CC(=O)N(C(CC)C(=O)O)C1.CCC[C@@H]1CC(=O)N(C(CC)C(=O)OC)C1.CCC[C@@H]1CC(=O)N(C(CC)C(N)=O)C1.I.II.I[I-]I. The summed E-state index contributed by atoms with van der Waals surface area (Å²) in [7, 11) is 1.37. The van der Waals surface area contributed by atoms with Gasteiger partial charge in [-0.2, -0.15) is 0 Å². The van der Waals surface area contributed by atoms with Gasteiger partial charge >= 0.3 is 62.4 Å². The zero-order chi connectivity index (χ0) is 39.7. The molecule has 3 rings (SSSR count). The molecule has 3 fully saturated rings. The van der Waals surface area contributed by atoms with Gasteiger partial charge in [0.25, 0.3) is 0 Å². The Morgan fingerprint density at radius 2 is 0.981 bits per heavy atom. The Morgan fingerprint density at radius 3 is 1.20 bits per heavy atom. The number of nitrogens with two attached hydrogens (primary N) is 1. The van der Waals surface area contributed by atoms with Crippen molar-refractivity contribution in [2.45, 2.75) is 152 Å². The average molecular weight is 1450 g/mol. The van der Waals surface area contributed by atoms with Crippen molar-refractivity contribution in [1.82, 2.24) is 14.7 Å². The third kappa shape index (κ3) is 23.7. The van der Waals surface area contributed by atoms with Gasteiger partial charge in [0.2, 0.25) is 23.6 Å². The van der Waals surface area contributed by atoms with E-state index in [1.54, 1.807) is 16.7 Å². The normalized spacial score (nSPS) is 20.0. The number of methoxy groups -OCH3 is 1. The first kappa shape index (κ1) is 64.3. The Balaban J connectivity index is -0.000000204. The number of carbonyl (C=O) groups is 6. The number of nitrogens with zero attached hydrogens (tertiary/aromatic N) is 3. The summed E-state index contributed by atoms with van der Waals surface area (Å²) >= 11 is 9.54. The van der Waals surface area contributed by atoms with Gasteiger partial charge in [-0.1, -0.05) is 75.7 Å². The number of primary amides is 1. The van der Waals surface area contributed by atoms with Gasteiger partial charge in [0.05, 0.1) is 7.11 Å². The number of hydrogen-bond acceptors (Lipinski definition) is 7. The molecule has 0 aromatic rings. The van der Waals surface area contributed by atoms with Crippen molar-refractivity contribution >= 4 is 134 Å². The fraction of sp³-hybridized carbons (Fsp3) is 0.833. The molecule has 0 aromatic carbocycles. The topological polar surface area (TPSA) is 168 Å². The molecule has 54 heavy (non-hydrogen) atoms. The van der Waals surface area contributed by atoms with Crippen LogP contribution in [-0.2, 0) is 33.5 Å². The molecule has 3 aliphatic heterocycles. The Morgan fingerprint density at radius 1 is 0.704 bits per heavy atom. The molecular weight excluding hydrogens is 1380 g/mol. The van der Waals surface area contributed by atoms with Crippen molar-refractivity contribution in [2.75, 3.05) is 26.7 Å². The second kappa shape index (κ2) is 38.4. The van der Waals surface area contributed by atoms with Gasteiger partial charge in [0, 0.05) is 76.1 Å². The maximum absolute atomic E-state index is 11.8. The Labute approximate surface area is 397 Å². The van der Waals surface area contributed by atoms with E-state index in [0.29, 0.717) is 89.2 Å². The van der Waals surface area contributed by atoms with Crippen LogP contribution in [0.5, 0.6) is 0 Å². The third-order valence-electron chi connectivity index (χ3n) is 9.18. The Bertz CT molecular complexity index is 1010. The minimum absolute atomic E-state index is 0. The van der Waals surface area contributed by atoms with E-state index in [2.05, 4.69) is 95.2 Å². The summed E-state index contributed by atoms with van der Waals surface area (Å²) in [6, 6.07) is -1.42. The summed E-state index contributed by atoms with van der Waals surface area (Å²) in [6.45, 7) is 13.9. The van der Waals surface area contributed by atoms with Crippen LogP contribution in [0.1, 0.15) is 133 Å². The van der Waals surface area contributed by atoms with Crippen LogP contribution in [0.3, 0.4) is 0 Å². The summed E-state index contributed by atoms with van der Waals surface area (Å²) in [6.07, 6.45) is 9.75. The molecule has 0 bridgehead atoms. The first-order valence-corrected chi connectivity index (χ1v) is 36.6. The second-order valence-corrected chi connectivity index (χ2v) is 29.1. The molecule has 3 saturated heterocycles. The molecule has 18 heteroatoms. The molecule has 3 aliphatic rings. The van der Waals surface area contributed by atoms with E-state index in [1.807, 2.05) is 13.8 Å². The molecule has 0 radical (unpaired) electrons.